The molecule has 8 nitrogen and oxygen atoms in total. The Labute approximate surface area is 276 Å². The molecule has 0 saturated heterocycles. The Kier molecular flexibility index (Phi) is 10.8. The Hall–Kier alpha value is -3.18. The average molecular weight is 666 g/mol. The van der Waals surface area contributed by atoms with Gasteiger partial charge < -0.3 is 19.5 Å². The van der Waals surface area contributed by atoms with E-state index in [1.165, 1.54) is 23.1 Å². The smallest absolute Gasteiger partial charge is 0.331 e. The number of nitrogens with one attached hydrogen (secondary N) is 2. The summed E-state index contributed by atoms with van der Waals surface area (Å²) in [6.45, 7) is 19.6. The first-order valence-corrected chi connectivity index (χ1v) is 20.4. The molecule has 0 fully saturated rings. The quantitative estimate of drug-likeness (QED) is 0.118. The number of nitrogens with zero attached hydrogens (tertiary/aromatic N) is 1. The van der Waals surface area contributed by atoms with Crippen LogP contribution >= 0.6 is 0 Å². The summed E-state index contributed by atoms with van der Waals surface area (Å²) >= 11 is 0. The van der Waals surface area contributed by atoms with Gasteiger partial charge in [0.25, 0.3) is 0 Å². The number of aromatic nitrogens is 1. The van der Waals surface area contributed by atoms with Crippen LogP contribution in [0.2, 0.25) is 18.1 Å². The van der Waals surface area contributed by atoms with E-state index >= 15 is 0 Å². The van der Waals surface area contributed by atoms with Gasteiger partial charge in [0.05, 0.1) is 4.90 Å². The van der Waals surface area contributed by atoms with E-state index < -0.39 is 34.5 Å². The van der Waals surface area contributed by atoms with Gasteiger partial charge in [-0.05, 0) is 86.9 Å². The second kappa shape index (κ2) is 13.9. The number of ether oxygens (including phenoxy) is 1. The van der Waals surface area contributed by atoms with Gasteiger partial charge in [0.15, 0.2) is 18.2 Å². The van der Waals surface area contributed by atoms with Gasteiger partial charge in [-0.1, -0.05) is 57.2 Å². The lowest BCUT2D eigenvalue weighted by Crippen LogP contribution is -2.43. The normalized spacial score (nSPS) is 17.7. The summed E-state index contributed by atoms with van der Waals surface area (Å²) in [5, 5.41) is 4.36. The molecule has 0 saturated carbocycles. The van der Waals surface area contributed by atoms with Gasteiger partial charge in [0.1, 0.15) is 10.3 Å². The van der Waals surface area contributed by atoms with Gasteiger partial charge in [-0.25, -0.2) is 13.2 Å². The first kappa shape index (κ1) is 35.7. The van der Waals surface area contributed by atoms with E-state index in [0.29, 0.717) is 13.2 Å². The van der Waals surface area contributed by atoms with Crippen molar-refractivity contribution in [2.45, 2.75) is 87.9 Å². The van der Waals surface area contributed by atoms with E-state index in [2.05, 4.69) is 73.5 Å². The molecule has 2 aromatic carbocycles. The summed E-state index contributed by atoms with van der Waals surface area (Å²) < 4.78 is 38.3. The van der Waals surface area contributed by atoms with E-state index in [9.17, 15) is 13.2 Å². The predicted octanol–water partition coefficient (Wildman–Crippen LogP) is 6.76. The summed E-state index contributed by atoms with van der Waals surface area (Å²) in [5.41, 5.74) is 2.75. The van der Waals surface area contributed by atoms with E-state index in [1.807, 2.05) is 18.2 Å². The van der Waals surface area contributed by atoms with Crippen molar-refractivity contribution in [2.24, 2.45) is 0 Å². The molecule has 0 spiro atoms. The third kappa shape index (κ3) is 8.59. The number of H-pyrrole nitrogens is 1. The van der Waals surface area contributed by atoms with Gasteiger partial charge in [0, 0.05) is 56.0 Å². The number of hydrogen-bond acceptors (Lipinski definition) is 7. The molecule has 2 heterocycles. The van der Waals surface area contributed by atoms with Crippen LogP contribution in [0.4, 0.5) is 0 Å². The highest BCUT2D eigenvalue weighted by atomic mass is 32.2. The van der Waals surface area contributed by atoms with E-state index in [-0.39, 0.29) is 16.5 Å². The topological polar surface area (TPSA) is 101 Å². The summed E-state index contributed by atoms with van der Waals surface area (Å²) in [4.78, 5) is 18.3. The zero-order valence-corrected chi connectivity index (χ0v) is 30.5. The second-order valence-electron chi connectivity index (χ2n) is 14.7. The Morgan fingerprint density at radius 3 is 2.35 bits per heavy atom. The zero-order valence-electron chi connectivity index (χ0n) is 28.6. The highest BCUT2D eigenvalue weighted by Crippen LogP contribution is 2.36. The van der Waals surface area contributed by atoms with Gasteiger partial charge in [-0.2, -0.15) is 0 Å². The molecule has 0 aliphatic carbocycles. The number of aromatic amines is 1. The van der Waals surface area contributed by atoms with Crippen molar-refractivity contribution in [3.8, 4) is 0 Å². The lowest BCUT2D eigenvalue weighted by molar-refractivity contribution is -0.148. The fourth-order valence-corrected chi connectivity index (χ4v) is 7.93. The minimum absolute atomic E-state index is 0.131. The van der Waals surface area contributed by atoms with Crippen LogP contribution in [0.5, 0.6) is 0 Å². The number of fused-ring (bicyclic) bond motifs is 1. The van der Waals surface area contributed by atoms with Crippen LogP contribution in [0.3, 0.4) is 0 Å². The van der Waals surface area contributed by atoms with Crippen molar-refractivity contribution in [3.05, 3.63) is 90.3 Å². The standard InChI is InChI=1S/C36H51N3O5SSi/c1-34(2,3)44-33(40)17-19-36(20-21-37-27-36)45(41,42)30-15-13-28(14-16-30)26-39(23-24-43-46(7,8)35(4,5)6)22-18-29-25-38-32-12-10-9-11-31(29)32/h9-17,19-21,25,37-38H,18,22-24,26-27H2,1-8H3. The van der Waals surface area contributed by atoms with Crippen molar-refractivity contribution >= 4 is 35.0 Å². The molecule has 3 aromatic rings. The molecule has 0 bridgehead atoms. The molecule has 1 atom stereocenters. The fourth-order valence-electron chi connectivity index (χ4n) is 5.20. The van der Waals surface area contributed by atoms with E-state index in [4.69, 9.17) is 9.16 Å². The Bertz CT molecular complexity index is 1660. The minimum Gasteiger partial charge on any atom is -0.457 e. The molecule has 10 heteroatoms. The molecule has 2 N–H and O–H groups in total. The third-order valence-corrected chi connectivity index (χ3v) is 15.8. The first-order valence-electron chi connectivity index (χ1n) is 16.0. The van der Waals surface area contributed by atoms with Gasteiger partial charge >= 0.3 is 5.97 Å². The summed E-state index contributed by atoms with van der Waals surface area (Å²) in [7, 11) is -5.76. The van der Waals surface area contributed by atoms with Crippen LogP contribution < -0.4 is 5.32 Å². The van der Waals surface area contributed by atoms with Crippen LogP contribution in [-0.2, 0) is 36.8 Å². The maximum Gasteiger partial charge on any atom is 0.331 e. The number of benzene rings is 2. The molecule has 0 radical (unpaired) electrons. The largest absolute Gasteiger partial charge is 0.457 e. The van der Waals surface area contributed by atoms with Crippen molar-refractivity contribution in [2.75, 3.05) is 26.2 Å². The van der Waals surface area contributed by atoms with Crippen molar-refractivity contribution in [1.82, 2.24) is 15.2 Å². The average Bonchev–Trinajstić information content (AvgIpc) is 3.62. The van der Waals surface area contributed by atoms with Gasteiger partial charge in [-0.3, -0.25) is 4.90 Å². The molecule has 1 aliphatic rings. The van der Waals surface area contributed by atoms with Crippen molar-refractivity contribution in [1.29, 1.82) is 0 Å². The lowest BCUT2D eigenvalue weighted by Gasteiger charge is -2.37. The van der Waals surface area contributed by atoms with E-state index in [0.717, 1.165) is 30.6 Å². The molecule has 46 heavy (non-hydrogen) atoms. The maximum atomic E-state index is 13.9. The number of esters is 1. The lowest BCUT2D eigenvalue weighted by atomic mass is 10.1. The SMILES string of the molecule is CC(C)(C)OC(=O)C=CC1(S(=O)(=O)c2ccc(CN(CCO[Si](C)(C)C(C)(C)C)CCc3c[nH]c4ccccc34)cc2)C=CNC1. The molecule has 0 amide bonds. The van der Waals surface area contributed by atoms with Crippen molar-refractivity contribution in [3.63, 3.8) is 0 Å². The Morgan fingerprint density at radius 2 is 1.72 bits per heavy atom. The molecule has 4 rings (SSSR count). The summed E-state index contributed by atoms with van der Waals surface area (Å²) in [6, 6.07) is 15.5. The number of hydrogen-bond donors (Lipinski definition) is 2. The summed E-state index contributed by atoms with van der Waals surface area (Å²) in [6.07, 6.45) is 8.81. The van der Waals surface area contributed by atoms with Crippen LogP contribution in [0.15, 0.2) is 84.1 Å². The first-order chi connectivity index (χ1) is 21.4. The Balaban J connectivity index is 1.51. The number of para-hydroxylation sites is 1. The predicted molar refractivity (Wildman–Crippen MR) is 189 cm³/mol. The van der Waals surface area contributed by atoms with Crippen molar-refractivity contribution < 1.29 is 22.4 Å². The molecule has 1 aliphatic heterocycles. The Morgan fingerprint density at radius 1 is 1.02 bits per heavy atom. The number of rotatable bonds is 13. The highest BCUT2D eigenvalue weighted by Gasteiger charge is 2.43. The fraction of sp³-hybridized carbons (Fsp3) is 0.472. The number of sulfone groups is 1. The zero-order chi connectivity index (χ0) is 33.8. The number of carbonyl (C=O) groups excluding carboxylic acids is 1. The monoisotopic (exact) mass is 665 g/mol. The molecule has 250 valence electrons. The second-order valence-corrected chi connectivity index (χ2v) is 21.7. The van der Waals surface area contributed by atoms with Crippen LogP contribution in [0, 0.1) is 0 Å². The molecular weight excluding hydrogens is 615 g/mol. The third-order valence-electron chi connectivity index (χ3n) is 8.96. The van der Waals surface area contributed by atoms with Gasteiger partial charge in [-0.15, -0.1) is 0 Å². The van der Waals surface area contributed by atoms with Crippen LogP contribution in [0.25, 0.3) is 10.9 Å². The van der Waals surface area contributed by atoms with Gasteiger partial charge in [0.2, 0.25) is 0 Å². The number of carbonyl (C=O) groups is 1. The highest BCUT2D eigenvalue weighted by molar-refractivity contribution is 7.93. The van der Waals surface area contributed by atoms with Crippen LogP contribution in [-0.4, -0.2) is 69.2 Å². The minimum atomic E-state index is -3.87. The maximum absolute atomic E-state index is 13.9. The molecule has 1 aromatic heterocycles. The van der Waals surface area contributed by atoms with Crippen LogP contribution in [0.1, 0.15) is 52.7 Å². The molecule has 1 unspecified atom stereocenters. The summed E-state index contributed by atoms with van der Waals surface area (Å²) in [5.74, 6) is -0.581. The van der Waals surface area contributed by atoms with E-state index in [1.54, 1.807) is 45.2 Å². The molecular formula is C36H51N3O5SSi.